The molecule has 0 radical (unpaired) electrons. The van der Waals surface area contributed by atoms with E-state index >= 15 is 0 Å². The van der Waals surface area contributed by atoms with Crippen LogP contribution in [0.3, 0.4) is 0 Å². The largest absolute Gasteiger partial charge is 0.310 e. The van der Waals surface area contributed by atoms with Gasteiger partial charge in [0.05, 0.1) is 6.54 Å². The van der Waals surface area contributed by atoms with E-state index in [-0.39, 0.29) is 5.82 Å². The van der Waals surface area contributed by atoms with Crippen LogP contribution < -0.4 is 5.32 Å². The number of nitrogens with one attached hydrogen (secondary N) is 1. The number of hydrogen-bond acceptors (Lipinski definition) is 3. The normalized spacial score (nSPS) is 11.2. The maximum absolute atomic E-state index is 12.7. The van der Waals surface area contributed by atoms with Gasteiger partial charge in [0.1, 0.15) is 18.0 Å². The van der Waals surface area contributed by atoms with Crippen LogP contribution >= 0.6 is 0 Å². The molecule has 0 aliphatic rings. The lowest BCUT2D eigenvalue weighted by Gasteiger charge is -2.10. The SMILES string of the molecule is CC(C)n1ncnc1CNCCc1ccc(F)cc1. The van der Waals surface area contributed by atoms with Crippen LogP contribution in [0.15, 0.2) is 30.6 Å². The van der Waals surface area contributed by atoms with Crippen LogP contribution in [0.4, 0.5) is 4.39 Å². The minimum atomic E-state index is -0.193. The molecule has 4 nitrogen and oxygen atoms in total. The predicted octanol–water partition coefficient (Wildman–Crippen LogP) is 2.33. The van der Waals surface area contributed by atoms with E-state index in [0.29, 0.717) is 12.6 Å². The van der Waals surface area contributed by atoms with Gasteiger partial charge in [0, 0.05) is 6.04 Å². The van der Waals surface area contributed by atoms with Gasteiger partial charge in [-0.3, -0.25) is 0 Å². The molecular weight excluding hydrogens is 243 g/mol. The predicted molar refractivity (Wildman–Crippen MR) is 72.2 cm³/mol. The molecule has 0 aliphatic carbocycles. The zero-order chi connectivity index (χ0) is 13.7. The maximum atomic E-state index is 12.7. The molecule has 0 bridgehead atoms. The third kappa shape index (κ3) is 3.86. The van der Waals surface area contributed by atoms with E-state index in [2.05, 4.69) is 29.2 Å². The Morgan fingerprint density at radius 2 is 2.00 bits per heavy atom. The standard InChI is InChI=1S/C14H19FN4/c1-11(2)19-14(17-10-18-19)9-16-8-7-12-3-5-13(15)6-4-12/h3-6,10-11,16H,7-9H2,1-2H3. The molecule has 102 valence electrons. The Bertz CT molecular complexity index is 504. The molecule has 1 N–H and O–H groups in total. The van der Waals surface area contributed by atoms with Crippen LogP contribution in [0.2, 0.25) is 0 Å². The smallest absolute Gasteiger partial charge is 0.141 e. The first-order valence-corrected chi connectivity index (χ1v) is 6.50. The first kappa shape index (κ1) is 13.7. The fraction of sp³-hybridized carbons (Fsp3) is 0.429. The quantitative estimate of drug-likeness (QED) is 0.812. The molecular formula is C14H19FN4. The number of hydrogen-bond donors (Lipinski definition) is 1. The summed E-state index contributed by atoms with van der Waals surface area (Å²) in [6, 6.07) is 6.92. The molecule has 5 heteroatoms. The highest BCUT2D eigenvalue weighted by atomic mass is 19.1. The van der Waals surface area contributed by atoms with Crippen molar-refractivity contribution in [1.82, 2.24) is 20.1 Å². The summed E-state index contributed by atoms with van der Waals surface area (Å²) < 4.78 is 14.7. The second kappa shape index (κ2) is 6.43. The van der Waals surface area contributed by atoms with Crippen molar-refractivity contribution in [2.75, 3.05) is 6.54 Å². The molecule has 0 saturated heterocycles. The van der Waals surface area contributed by atoms with Crippen LogP contribution in [-0.2, 0) is 13.0 Å². The minimum absolute atomic E-state index is 0.193. The lowest BCUT2D eigenvalue weighted by Crippen LogP contribution is -2.20. The fourth-order valence-corrected chi connectivity index (χ4v) is 1.92. The Hall–Kier alpha value is -1.75. The van der Waals surface area contributed by atoms with Gasteiger partial charge in [-0.25, -0.2) is 14.1 Å². The monoisotopic (exact) mass is 262 g/mol. The van der Waals surface area contributed by atoms with Gasteiger partial charge in [-0.05, 0) is 44.5 Å². The van der Waals surface area contributed by atoms with Crippen molar-refractivity contribution in [2.24, 2.45) is 0 Å². The lowest BCUT2D eigenvalue weighted by molar-refractivity contribution is 0.490. The van der Waals surface area contributed by atoms with Crippen molar-refractivity contribution in [3.63, 3.8) is 0 Å². The summed E-state index contributed by atoms with van der Waals surface area (Å²) in [6.45, 7) is 5.68. The second-order valence-electron chi connectivity index (χ2n) is 4.77. The average Bonchev–Trinajstić information content (AvgIpc) is 2.85. The van der Waals surface area contributed by atoms with Crippen molar-refractivity contribution < 1.29 is 4.39 Å². The summed E-state index contributed by atoms with van der Waals surface area (Å²) in [5, 5.41) is 7.52. The van der Waals surface area contributed by atoms with Gasteiger partial charge >= 0.3 is 0 Å². The van der Waals surface area contributed by atoms with Crippen LogP contribution in [0.25, 0.3) is 0 Å². The van der Waals surface area contributed by atoms with Crippen molar-refractivity contribution in [1.29, 1.82) is 0 Å². The molecule has 1 heterocycles. The summed E-state index contributed by atoms with van der Waals surface area (Å²) in [4.78, 5) is 4.23. The van der Waals surface area contributed by atoms with Crippen LogP contribution in [0.5, 0.6) is 0 Å². The number of aromatic nitrogens is 3. The summed E-state index contributed by atoms with van der Waals surface area (Å²) >= 11 is 0. The third-order valence-electron chi connectivity index (χ3n) is 2.92. The number of halogens is 1. The van der Waals surface area contributed by atoms with Crippen molar-refractivity contribution in [3.05, 3.63) is 47.8 Å². The van der Waals surface area contributed by atoms with E-state index in [4.69, 9.17) is 0 Å². The average molecular weight is 262 g/mol. The molecule has 0 unspecified atom stereocenters. The second-order valence-corrected chi connectivity index (χ2v) is 4.77. The van der Waals surface area contributed by atoms with Crippen LogP contribution in [-0.4, -0.2) is 21.3 Å². The fourth-order valence-electron chi connectivity index (χ4n) is 1.92. The van der Waals surface area contributed by atoms with Gasteiger partial charge in [0.25, 0.3) is 0 Å². The zero-order valence-electron chi connectivity index (χ0n) is 11.3. The van der Waals surface area contributed by atoms with Crippen LogP contribution in [0, 0.1) is 5.82 Å². The number of rotatable bonds is 6. The van der Waals surface area contributed by atoms with Crippen molar-refractivity contribution >= 4 is 0 Å². The molecule has 0 aliphatic heterocycles. The van der Waals surface area contributed by atoms with E-state index in [1.807, 2.05) is 16.8 Å². The van der Waals surface area contributed by atoms with E-state index in [0.717, 1.165) is 24.4 Å². The van der Waals surface area contributed by atoms with E-state index < -0.39 is 0 Å². The molecule has 0 amide bonds. The summed E-state index contributed by atoms with van der Waals surface area (Å²) in [5.41, 5.74) is 1.12. The van der Waals surface area contributed by atoms with Gasteiger partial charge in [-0.2, -0.15) is 5.10 Å². The summed E-state index contributed by atoms with van der Waals surface area (Å²) in [7, 11) is 0. The van der Waals surface area contributed by atoms with E-state index in [9.17, 15) is 4.39 Å². The molecule has 2 aromatic rings. The van der Waals surface area contributed by atoms with Gasteiger partial charge in [-0.15, -0.1) is 0 Å². The Kier molecular flexibility index (Phi) is 4.63. The van der Waals surface area contributed by atoms with Crippen molar-refractivity contribution in [3.8, 4) is 0 Å². The first-order chi connectivity index (χ1) is 9.16. The molecule has 0 fully saturated rings. The number of nitrogens with zero attached hydrogens (tertiary/aromatic N) is 3. The minimum Gasteiger partial charge on any atom is -0.310 e. The molecule has 0 saturated carbocycles. The maximum Gasteiger partial charge on any atom is 0.141 e. The third-order valence-corrected chi connectivity index (χ3v) is 2.92. The molecule has 1 aromatic carbocycles. The van der Waals surface area contributed by atoms with E-state index in [1.165, 1.54) is 12.1 Å². The molecule has 19 heavy (non-hydrogen) atoms. The molecule has 1 aromatic heterocycles. The first-order valence-electron chi connectivity index (χ1n) is 6.50. The van der Waals surface area contributed by atoms with Crippen LogP contribution in [0.1, 0.15) is 31.3 Å². The van der Waals surface area contributed by atoms with Gasteiger partial charge in [-0.1, -0.05) is 12.1 Å². The van der Waals surface area contributed by atoms with Crippen molar-refractivity contribution in [2.45, 2.75) is 32.9 Å². The van der Waals surface area contributed by atoms with Gasteiger partial charge < -0.3 is 5.32 Å². The van der Waals surface area contributed by atoms with Gasteiger partial charge in [0.15, 0.2) is 0 Å². The summed E-state index contributed by atoms with van der Waals surface area (Å²) in [5.74, 6) is 0.746. The molecule has 2 rings (SSSR count). The van der Waals surface area contributed by atoms with Gasteiger partial charge in [0.2, 0.25) is 0 Å². The molecule has 0 atom stereocenters. The van der Waals surface area contributed by atoms with E-state index in [1.54, 1.807) is 6.33 Å². The Balaban J connectivity index is 1.77. The Morgan fingerprint density at radius 3 is 2.68 bits per heavy atom. The lowest BCUT2D eigenvalue weighted by atomic mass is 10.1. The zero-order valence-corrected chi connectivity index (χ0v) is 11.3. The number of benzene rings is 1. The Labute approximate surface area is 112 Å². The molecule has 0 spiro atoms. The highest BCUT2D eigenvalue weighted by molar-refractivity contribution is 5.16. The Morgan fingerprint density at radius 1 is 1.26 bits per heavy atom. The highest BCUT2D eigenvalue weighted by Gasteiger charge is 2.06. The topological polar surface area (TPSA) is 42.7 Å². The highest BCUT2D eigenvalue weighted by Crippen LogP contribution is 2.05. The summed E-state index contributed by atoms with van der Waals surface area (Å²) in [6.07, 6.45) is 2.45.